The molecule has 4 nitrogen and oxygen atoms in total. The molecule has 1 aromatic heterocycles. The quantitative estimate of drug-likeness (QED) is 0.843. The van der Waals surface area contributed by atoms with Gasteiger partial charge in [-0.3, -0.25) is 0 Å². The minimum Gasteiger partial charge on any atom is -0.493 e. The smallest absolute Gasteiger partial charge is 0.161 e. The van der Waals surface area contributed by atoms with Gasteiger partial charge in [0, 0.05) is 18.4 Å². The highest BCUT2D eigenvalue weighted by atomic mass is 16.5. The standard InChI is InChI=1S/C16H22N2O2/c1-13(17)11-14-7-8-18(12-14)9-10-20-16-6-4-3-5-15(16)19-2/h3-8,12-13H,9-11,17H2,1-2H3. The third kappa shape index (κ3) is 4.03. The van der Waals surface area contributed by atoms with Crippen LogP contribution in [0.25, 0.3) is 0 Å². The Morgan fingerprint density at radius 1 is 1.20 bits per heavy atom. The van der Waals surface area contributed by atoms with Crippen LogP contribution in [0.2, 0.25) is 0 Å². The summed E-state index contributed by atoms with van der Waals surface area (Å²) < 4.78 is 13.1. The number of nitrogens with zero attached hydrogens (tertiary/aromatic N) is 1. The van der Waals surface area contributed by atoms with Gasteiger partial charge < -0.3 is 19.8 Å². The molecule has 0 saturated carbocycles. The van der Waals surface area contributed by atoms with Crippen LogP contribution < -0.4 is 15.2 Å². The molecule has 2 aromatic rings. The molecule has 4 heteroatoms. The molecule has 0 aliphatic rings. The van der Waals surface area contributed by atoms with Gasteiger partial charge in [0.05, 0.1) is 13.7 Å². The summed E-state index contributed by atoms with van der Waals surface area (Å²) in [6.45, 7) is 3.42. The molecule has 1 aromatic carbocycles. The highest BCUT2D eigenvalue weighted by Crippen LogP contribution is 2.25. The summed E-state index contributed by atoms with van der Waals surface area (Å²) >= 11 is 0. The van der Waals surface area contributed by atoms with E-state index in [1.54, 1.807) is 7.11 Å². The molecule has 1 atom stereocenters. The predicted molar refractivity (Wildman–Crippen MR) is 80.3 cm³/mol. The summed E-state index contributed by atoms with van der Waals surface area (Å²) in [5, 5.41) is 0. The Bertz CT molecular complexity index is 535. The van der Waals surface area contributed by atoms with E-state index < -0.39 is 0 Å². The summed E-state index contributed by atoms with van der Waals surface area (Å²) in [7, 11) is 1.65. The first-order valence-electron chi connectivity index (χ1n) is 6.85. The molecular formula is C16H22N2O2. The molecule has 0 saturated heterocycles. The number of nitrogens with two attached hydrogens (primary N) is 1. The van der Waals surface area contributed by atoms with Gasteiger partial charge in [-0.25, -0.2) is 0 Å². The summed E-state index contributed by atoms with van der Waals surface area (Å²) in [5.74, 6) is 1.54. The van der Waals surface area contributed by atoms with E-state index in [4.69, 9.17) is 15.2 Å². The van der Waals surface area contributed by atoms with Crippen LogP contribution in [0.3, 0.4) is 0 Å². The lowest BCUT2D eigenvalue weighted by Crippen LogP contribution is -2.17. The van der Waals surface area contributed by atoms with Crippen molar-refractivity contribution in [1.82, 2.24) is 4.57 Å². The van der Waals surface area contributed by atoms with Crippen molar-refractivity contribution in [3.63, 3.8) is 0 Å². The Morgan fingerprint density at radius 3 is 2.65 bits per heavy atom. The SMILES string of the molecule is COc1ccccc1OCCn1ccc(CC(C)N)c1. The minimum absolute atomic E-state index is 0.190. The Labute approximate surface area is 120 Å². The molecule has 0 aliphatic heterocycles. The van der Waals surface area contributed by atoms with Crippen molar-refractivity contribution < 1.29 is 9.47 Å². The lowest BCUT2D eigenvalue weighted by atomic mass is 10.1. The number of aromatic nitrogens is 1. The Balaban J connectivity index is 1.85. The molecule has 0 radical (unpaired) electrons. The van der Waals surface area contributed by atoms with Crippen LogP contribution in [0, 0.1) is 0 Å². The number of hydrogen-bond acceptors (Lipinski definition) is 3. The van der Waals surface area contributed by atoms with Crippen molar-refractivity contribution in [1.29, 1.82) is 0 Å². The Hall–Kier alpha value is -1.94. The van der Waals surface area contributed by atoms with Gasteiger partial charge in [0.15, 0.2) is 11.5 Å². The molecule has 1 unspecified atom stereocenters. The van der Waals surface area contributed by atoms with Crippen molar-refractivity contribution in [2.24, 2.45) is 5.73 Å². The van der Waals surface area contributed by atoms with Crippen LogP contribution in [0.5, 0.6) is 11.5 Å². The second-order valence-corrected chi connectivity index (χ2v) is 4.94. The van der Waals surface area contributed by atoms with E-state index in [1.807, 2.05) is 31.2 Å². The first-order valence-corrected chi connectivity index (χ1v) is 6.85. The van der Waals surface area contributed by atoms with Crippen LogP contribution in [0.1, 0.15) is 12.5 Å². The van der Waals surface area contributed by atoms with Gasteiger partial charge in [0.25, 0.3) is 0 Å². The van der Waals surface area contributed by atoms with Crippen molar-refractivity contribution in [2.45, 2.75) is 25.9 Å². The van der Waals surface area contributed by atoms with Crippen molar-refractivity contribution >= 4 is 0 Å². The maximum atomic E-state index is 5.79. The second-order valence-electron chi connectivity index (χ2n) is 4.94. The number of rotatable bonds is 7. The van der Waals surface area contributed by atoms with Crippen molar-refractivity contribution in [3.8, 4) is 11.5 Å². The first-order chi connectivity index (χ1) is 9.69. The highest BCUT2D eigenvalue weighted by Gasteiger charge is 2.03. The summed E-state index contributed by atoms with van der Waals surface area (Å²) in [5.41, 5.74) is 7.06. The maximum Gasteiger partial charge on any atom is 0.161 e. The molecule has 0 spiro atoms. The topological polar surface area (TPSA) is 49.4 Å². The van der Waals surface area contributed by atoms with Gasteiger partial charge >= 0.3 is 0 Å². The zero-order valence-corrected chi connectivity index (χ0v) is 12.1. The molecule has 1 heterocycles. The van der Waals surface area contributed by atoms with Crippen molar-refractivity contribution in [3.05, 3.63) is 48.3 Å². The van der Waals surface area contributed by atoms with E-state index >= 15 is 0 Å². The first kappa shape index (κ1) is 14.5. The van der Waals surface area contributed by atoms with Crippen LogP contribution in [-0.2, 0) is 13.0 Å². The molecule has 0 bridgehead atoms. The second kappa shape index (κ2) is 7.01. The van der Waals surface area contributed by atoms with E-state index in [2.05, 4.69) is 23.0 Å². The van der Waals surface area contributed by atoms with Crippen LogP contribution in [-0.4, -0.2) is 24.3 Å². The summed E-state index contributed by atoms with van der Waals surface area (Å²) in [6, 6.07) is 9.97. The van der Waals surface area contributed by atoms with E-state index in [9.17, 15) is 0 Å². The Kier molecular flexibility index (Phi) is 5.07. The average Bonchev–Trinajstić information content (AvgIpc) is 2.86. The third-order valence-corrected chi connectivity index (χ3v) is 3.05. The fraction of sp³-hybridized carbons (Fsp3) is 0.375. The lowest BCUT2D eigenvalue weighted by molar-refractivity contribution is 0.280. The molecule has 108 valence electrons. The van der Waals surface area contributed by atoms with Gasteiger partial charge in [-0.05, 0) is 37.1 Å². The fourth-order valence-electron chi connectivity index (χ4n) is 2.12. The van der Waals surface area contributed by atoms with Gasteiger partial charge in [-0.1, -0.05) is 12.1 Å². The fourth-order valence-corrected chi connectivity index (χ4v) is 2.12. The number of methoxy groups -OCH3 is 1. The molecule has 0 fully saturated rings. The van der Waals surface area contributed by atoms with Gasteiger partial charge in [-0.2, -0.15) is 0 Å². The third-order valence-electron chi connectivity index (χ3n) is 3.05. The number of ether oxygens (including phenoxy) is 2. The monoisotopic (exact) mass is 274 g/mol. The number of hydrogen-bond donors (Lipinski definition) is 1. The molecule has 0 amide bonds. The lowest BCUT2D eigenvalue weighted by Gasteiger charge is -2.10. The van der Waals surface area contributed by atoms with Crippen LogP contribution >= 0.6 is 0 Å². The zero-order chi connectivity index (χ0) is 14.4. The Morgan fingerprint density at radius 2 is 1.95 bits per heavy atom. The molecule has 20 heavy (non-hydrogen) atoms. The molecule has 2 rings (SSSR count). The van der Waals surface area contributed by atoms with Crippen LogP contribution in [0.15, 0.2) is 42.7 Å². The number of para-hydroxylation sites is 2. The van der Waals surface area contributed by atoms with E-state index in [0.717, 1.165) is 24.5 Å². The van der Waals surface area contributed by atoms with Crippen LogP contribution in [0.4, 0.5) is 0 Å². The van der Waals surface area contributed by atoms with Crippen molar-refractivity contribution in [2.75, 3.05) is 13.7 Å². The summed E-state index contributed by atoms with van der Waals surface area (Å²) in [6.07, 6.45) is 5.08. The highest BCUT2D eigenvalue weighted by molar-refractivity contribution is 5.39. The molecule has 2 N–H and O–H groups in total. The normalized spacial score (nSPS) is 12.2. The van der Waals surface area contributed by atoms with E-state index in [-0.39, 0.29) is 6.04 Å². The average molecular weight is 274 g/mol. The van der Waals surface area contributed by atoms with Gasteiger partial charge in [-0.15, -0.1) is 0 Å². The number of benzene rings is 1. The van der Waals surface area contributed by atoms with Gasteiger partial charge in [0.2, 0.25) is 0 Å². The van der Waals surface area contributed by atoms with E-state index in [1.165, 1.54) is 5.56 Å². The predicted octanol–water partition coefficient (Wildman–Crippen LogP) is 2.47. The molecule has 0 aliphatic carbocycles. The maximum absolute atomic E-state index is 5.79. The van der Waals surface area contributed by atoms with Gasteiger partial charge in [0.1, 0.15) is 6.61 Å². The summed E-state index contributed by atoms with van der Waals surface area (Å²) in [4.78, 5) is 0. The zero-order valence-electron chi connectivity index (χ0n) is 12.1. The molecular weight excluding hydrogens is 252 g/mol. The minimum atomic E-state index is 0.190. The largest absolute Gasteiger partial charge is 0.493 e. The van der Waals surface area contributed by atoms with E-state index in [0.29, 0.717) is 6.61 Å².